The van der Waals surface area contributed by atoms with Crippen molar-refractivity contribution in [2.45, 2.75) is 4.90 Å². The van der Waals surface area contributed by atoms with E-state index in [4.69, 9.17) is 5.73 Å². The van der Waals surface area contributed by atoms with Crippen LogP contribution >= 0.6 is 15.9 Å². The van der Waals surface area contributed by atoms with Crippen molar-refractivity contribution < 1.29 is 21.6 Å². The molecule has 0 aromatic heterocycles. The first kappa shape index (κ1) is 15.6. The molecule has 0 amide bonds. The highest BCUT2D eigenvalue weighted by Gasteiger charge is 2.20. The van der Waals surface area contributed by atoms with Gasteiger partial charge in [-0.15, -0.1) is 0 Å². The molecule has 0 saturated carbocycles. The van der Waals surface area contributed by atoms with Gasteiger partial charge in [-0.25, -0.2) is 21.6 Å². The molecule has 0 heterocycles. The van der Waals surface area contributed by atoms with Crippen LogP contribution in [0.5, 0.6) is 0 Å². The molecule has 0 unspecified atom stereocenters. The first-order chi connectivity index (χ1) is 9.69. The van der Waals surface area contributed by atoms with E-state index in [1.807, 2.05) is 4.72 Å². The number of nitrogens with two attached hydrogens (primary N) is 1. The molecule has 9 heteroatoms. The van der Waals surface area contributed by atoms with Gasteiger partial charge in [0, 0.05) is 6.07 Å². The van der Waals surface area contributed by atoms with Crippen molar-refractivity contribution in [1.82, 2.24) is 0 Å². The number of benzene rings is 2. The SMILES string of the molecule is Nc1cc(F)c(Br)cc1S(=O)(=O)Nc1cc(F)cc(F)c1. The van der Waals surface area contributed by atoms with E-state index in [2.05, 4.69) is 15.9 Å². The van der Waals surface area contributed by atoms with Gasteiger partial charge in [0.1, 0.15) is 22.3 Å². The van der Waals surface area contributed by atoms with Gasteiger partial charge in [0.25, 0.3) is 10.0 Å². The number of hydrogen-bond donors (Lipinski definition) is 2. The summed E-state index contributed by atoms with van der Waals surface area (Å²) in [6.07, 6.45) is 0. The third-order valence-electron chi connectivity index (χ3n) is 2.46. The second-order valence-electron chi connectivity index (χ2n) is 4.07. The summed E-state index contributed by atoms with van der Waals surface area (Å²) < 4.78 is 65.5. The van der Waals surface area contributed by atoms with Gasteiger partial charge < -0.3 is 5.73 Å². The summed E-state index contributed by atoms with van der Waals surface area (Å²) >= 11 is 2.84. The molecule has 2 aromatic carbocycles. The Hall–Kier alpha value is -1.74. The van der Waals surface area contributed by atoms with E-state index in [9.17, 15) is 21.6 Å². The molecule has 2 aromatic rings. The summed E-state index contributed by atoms with van der Waals surface area (Å²) in [7, 11) is -4.22. The van der Waals surface area contributed by atoms with E-state index in [0.717, 1.165) is 24.3 Å². The van der Waals surface area contributed by atoms with Crippen LogP contribution in [-0.4, -0.2) is 8.42 Å². The monoisotopic (exact) mass is 380 g/mol. The first-order valence-electron chi connectivity index (χ1n) is 5.42. The maximum atomic E-state index is 13.2. The Morgan fingerprint density at radius 3 is 2.14 bits per heavy atom. The highest BCUT2D eigenvalue weighted by molar-refractivity contribution is 9.10. The van der Waals surface area contributed by atoms with Gasteiger partial charge in [-0.2, -0.15) is 0 Å². The lowest BCUT2D eigenvalue weighted by atomic mass is 10.3. The number of hydrogen-bond acceptors (Lipinski definition) is 3. The van der Waals surface area contributed by atoms with Gasteiger partial charge >= 0.3 is 0 Å². The molecule has 0 saturated heterocycles. The molecule has 3 N–H and O–H groups in total. The Labute approximate surface area is 127 Å². The lowest BCUT2D eigenvalue weighted by molar-refractivity contribution is 0.584. The lowest BCUT2D eigenvalue weighted by Gasteiger charge is -2.11. The highest BCUT2D eigenvalue weighted by Crippen LogP contribution is 2.28. The maximum absolute atomic E-state index is 13.2. The Morgan fingerprint density at radius 2 is 1.57 bits per heavy atom. The zero-order chi connectivity index (χ0) is 15.8. The first-order valence-corrected chi connectivity index (χ1v) is 7.70. The Bertz CT molecular complexity index is 792. The fraction of sp³-hybridized carbons (Fsp3) is 0. The highest BCUT2D eigenvalue weighted by atomic mass is 79.9. The molecule has 0 aliphatic rings. The second kappa shape index (κ2) is 5.57. The van der Waals surface area contributed by atoms with Crippen molar-refractivity contribution in [2.24, 2.45) is 0 Å². The molecule has 0 radical (unpaired) electrons. The van der Waals surface area contributed by atoms with E-state index in [1.165, 1.54) is 0 Å². The van der Waals surface area contributed by atoms with Gasteiger partial charge in [-0.3, -0.25) is 4.72 Å². The summed E-state index contributed by atoms with van der Waals surface area (Å²) in [6, 6.07) is 3.98. The topological polar surface area (TPSA) is 72.2 Å². The molecular weight excluding hydrogens is 373 g/mol. The predicted molar refractivity (Wildman–Crippen MR) is 75.7 cm³/mol. The summed E-state index contributed by atoms with van der Waals surface area (Å²) in [4.78, 5) is -0.416. The van der Waals surface area contributed by atoms with Crippen molar-refractivity contribution >= 4 is 37.3 Å². The van der Waals surface area contributed by atoms with E-state index < -0.39 is 32.4 Å². The average molecular weight is 381 g/mol. The fourth-order valence-electron chi connectivity index (χ4n) is 1.60. The molecule has 0 fully saturated rings. The number of sulfonamides is 1. The Kier molecular flexibility index (Phi) is 4.15. The van der Waals surface area contributed by atoms with Gasteiger partial charge in [-0.1, -0.05) is 0 Å². The van der Waals surface area contributed by atoms with Crippen molar-refractivity contribution in [2.75, 3.05) is 10.5 Å². The molecule has 2 rings (SSSR count). The third-order valence-corrected chi connectivity index (χ3v) is 4.50. The molecule has 0 spiro atoms. The van der Waals surface area contributed by atoms with Crippen LogP contribution in [0.4, 0.5) is 24.5 Å². The standard InChI is InChI=1S/C12H8BrF3N2O2S/c13-9-4-12(11(17)5-10(9)16)21(19,20)18-8-2-6(14)1-7(15)3-8/h1-5,18H,17H2. The van der Waals surface area contributed by atoms with Crippen molar-refractivity contribution in [3.8, 4) is 0 Å². The quantitative estimate of drug-likeness (QED) is 0.802. The Morgan fingerprint density at radius 1 is 1.00 bits per heavy atom. The minimum Gasteiger partial charge on any atom is -0.398 e. The van der Waals surface area contributed by atoms with Crippen LogP contribution < -0.4 is 10.5 Å². The summed E-state index contributed by atoms with van der Waals surface area (Å²) in [6.45, 7) is 0. The number of nitrogens with one attached hydrogen (secondary N) is 1. The van der Waals surface area contributed by atoms with Crippen LogP contribution in [0.15, 0.2) is 39.7 Å². The molecular formula is C12H8BrF3N2O2S. The molecule has 0 aliphatic carbocycles. The summed E-state index contributed by atoms with van der Waals surface area (Å²) in [5.74, 6) is -2.62. The molecule has 112 valence electrons. The van der Waals surface area contributed by atoms with Crippen molar-refractivity contribution in [3.63, 3.8) is 0 Å². The number of anilines is 2. The molecule has 4 nitrogen and oxygen atoms in total. The average Bonchev–Trinajstić information content (AvgIpc) is 2.31. The molecule has 0 bridgehead atoms. The molecule has 0 aliphatic heterocycles. The van der Waals surface area contributed by atoms with E-state index in [1.54, 1.807) is 0 Å². The zero-order valence-electron chi connectivity index (χ0n) is 10.2. The predicted octanol–water partition coefficient (Wildman–Crippen LogP) is 3.25. The smallest absolute Gasteiger partial charge is 0.263 e. The normalized spacial score (nSPS) is 11.4. The minimum atomic E-state index is -4.22. The number of halogens is 4. The van der Waals surface area contributed by atoms with Crippen molar-refractivity contribution in [3.05, 3.63) is 52.3 Å². The van der Waals surface area contributed by atoms with Crippen LogP contribution in [0.3, 0.4) is 0 Å². The zero-order valence-corrected chi connectivity index (χ0v) is 12.6. The summed E-state index contributed by atoms with van der Waals surface area (Å²) in [5.41, 5.74) is 4.82. The van der Waals surface area contributed by atoms with Gasteiger partial charge in [0.15, 0.2) is 0 Å². The minimum absolute atomic E-state index is 0.109. The number of nitrogen functional groups attached to an aromatic ring is 1. The lowest BCUT2D eigenvalue weighted by Crippen LogP contribution is -2.15. The van der Waals surface area contributed by atoms with Crippen LogP contribution in [0.2, 0.25) is 0 Å². The van der Waals surface area contributed by atoms with E-state index in [-0.39, 0.29) is 15.8 Å². The third kappa shape index (κ3) is 3.48. The molecule has 0 atom stereocenters. The van der Waals surface area contributed by atoms with Gasteiger partial charge in [0.05, 0.1) is 15.8 Å². The van der Waals surface area contributed by atoms with Gasteiger partial charge in [0.2, 0.25) is 0 Å². The van der Waals surface area contributed by atoms with E-state index in [0.29, 0.717) is 6.07 Å². The van der Waals surface area contributed by atoms with Gasteiger partial charge in [-0.05, 0) is 40.2 Å². The fourth-order valence-corrected chi connectivity index (χ4v) is 3.27. The van der Waals surface area contributed by atoms with E-state index >= 15 is 0 Å². The van der Waals surface area contributed by atoms with Crippen molar-refractivity contribution in [1.29, 1.82) is 0 Å². The largest absolute Gasteiger partial charge is 0.398 e. The summed E-state index contributed by atoms with van der Waals surface area (Å²) in [5, 5.41) is 0. The Balaban J connectivity index is 2.45. The van der Waals surface area contributed by atoms with Crippen LogP contribution in [-0.2, 0) is 10.0 Å². The molecule has 21 heavy (non-hydrogen) atoms. The van der Waals surface area contributed by atoms with Crippen LogP contribution in [0.1, 0.15) is 0 Å². The maximum Gasteiger partial charge on any atom is 0.263 e. The van der Waals surface area contributed by atoms with Crippen LogP contribution in [0.25, 0.3) is 0 Å². The second-order valence-corrected chi connectivity index (χ2v) is 6.57. The number of rotatable bonds is 3. The van der Waals surface area contributed by atoms with Crippen LogP contribution in [0, 0.1) is 17.5 Å².